The number of furan rings is 1. The summed E-state index contributed by atoms with van der Waals surface area (Å²) in [5, 5.41) is 4.69. The summed E-state index contributed by atoms with van der Waals surface area (Å²) < 4.78 is 5.36. The fourth-order valence-electron chi connectivity index (χ4n) is 1.96. The van der Waals surface area contributed by atoms with E-state index < -0.39 is 0 Å². The van der Waals surface area contributed by atoms with Crippen molar-refractivity contribution in [2.45, 2.75) is 13.0 Å². The number of carbonyl (C=O) groups is 1. The first-order valence-electron chi connectivity index (χ1n) is 6.47. The van der Waals surface area contributed by atoms with Crippen LogP contribution in [0.25, 0.3) is 9.88 Å². The van der Waals surface area contributed by atoms with Crippen molar-refractivity contribution in [3.8, 4) is 9.88 Å². The third-order valence-corrected chi connectivity index (χ3v) is 5.19. The molecular weight excluding hydrogens is 304 g/mol. The molecule has 1 amide bonds. The Bertz CT molecular complexity index is 717. The summed E-state index contributed by atoms with van der Waals surface area (Å²) >= 11 is 3.11. The van der Waals surface area contributed by atoms with Crippen molar-refractivity contribution in [2.24, 2.45) is 0 Å². The first kappa shape index (κ1) is 14.0. The van der Waals surface area contributed by atoms with E-state index in [0.717, 1.165) is 15.6 Å². The van der Waals surface area contributed by atoms with E-state index in [1.54, 1.807) is 29.5 Å². The lowest BCUT2D eigenvalue weighted by Crippen LogP contribution is -2.29. The SMILES string of the molecule is CC(c1ccco1)N(C)C(=O)c1csc(-c2cccs2)n1. The fraction of sp³-hybridized carbons (Fsp3) is 0.200. The third kappa shape index (κ3) is 2.77. The molecule has 1 atom stereocenters. The molecular formula is C15H14N2O2S2. The van der Waals surface area contributed by atoms with Gasteiger partial charge in [0, 0.05) is 12.4 Å². The fourth-order valence-corrected chi connectivity index (χ4v) is 3.57. The molecule has 0 saturated heterocycles. The lowest BCUT2D eigenvalue weighted by Gasteiger charge is -2.22. The largest absolute Gasteiger partial charge is 0.467 e. The summed E-state index contributed by atoms with van der Waals surface area (Å²) in [5.41, 5.74) is 0.476. The second-order valence-electron chi connectivity index (χ2n) is 4.62. The van der Waals surface area contributed by atoms with E-state index in [0.29, 0.717) is 5.69 Å². The molecule has 3 rings (SSSR count). The van der Waals surface area contributed by atoms with Crippen LogP contribution in [0.15, 0.2) is 45.7 Å². The lowest BCUT2D eigenvalue weighted by molar-refractivity contribution is 0.0721. The Morgan fingerprint density at radius 2 is 2.19 bits per heavy atom. The second-order valence-corrected chi connectivity index (χ2v) is 6.43. The van der Waals surface area contributed by atoms with Gasteiger partial charge in [-0.25, -0.2) is 4.98 Å². The molecule has 0 aliphatic carbocycles. The normalized spacial score (nSPS) is 12.3. The molecule has 0 radical (unpaired) electrons. The van der Waals surface area contributed by atoms with Gasteiger partial charge in [0.1, 0.15) is 16.5 Å². The van der Waals surface area contributed by atoms with Crippen molar-refractivity contribution in [1.82, 2.24) is 9.88 Å². The van der Waals surface area contributed by atoms with Crippen LogP contribution in [-0.2, 0) is 0 Å². The smallest absolute Gasteiger partial charge is 0.273 e. The standard InChI is InChI=1S/C15H14N2O2S2/c1-10(12-5-3-7-19-12)17(2)15(18)11-9-21-14(16-11)13-6-4-8-20-13/h3-10H,1-2H3. The van der Waals surface area contributed by atoms with Crippen molar-refractivity contribution in [3.05, 3.63) is 52.7 Å². The second kappa shape index (κ2) is 5.83. The van der Waals surface area contributed by atoms with E-state index >= 15 is 0 Å². The Morgan fingerprint density at radius 1 is 1.33 bits per heavy atom. The maximum Gasteiger partial charge on any atom is 0.273 e. The first-order valence-corrected chi connectivity index (χ1v) is 8.22. The van der Waals surface area contributed by atoms with E-state index in [4.69, 9.17) is 4.42 Å². The van der Waals surface area contributed by atoms with Crippen molar-refractivity contribution in [2.75, 3.05) is 7.05 Å². The molecule has 3 aromatic heterocycles. The Morgan fingerprint density at radius 3 is 2.86 bits per heavy atom. The van der Waals surface area contributed by atoms with Crippen molar-refractivity contribution in [3.63, 3.8) is 0 Å². The molecule has 1 unspecified atom stereocenters. The van der Waals surface area contributed by atoms with Crippen LogP contribution in [0.4, 0.5) is 0 Å². The average molecular weight is 318 g/mol. The minimum atomic E-state index is -0.126. The summed E-state index contributed by atoms with van der Waals surface area (Å²) in [6.07, 6.45) is 1.61. The number of nitrogens with zero attached hydrogens (tertiary/aromatic N) is 2. The van der Waals surface area contributed by atoms with Gasteiger partial charge in [0.25, 0.3) is 5.91 Å². The zero-order valence-electron chi connectivity index (χ0n) is 11.6. The van der Waals surface area contributed by atoms with Gasteiger partial charge in [-0.3, -0.25) is 4.79 Å². The minimum Gasteiger partial charge on any atom is -0.467 e. The molecule has 0 N–H and O–H groups in total. The van der Waals surface area contributed by atoms with E-state index in [1.807, 2.05) is 41.9 Å². The van der Waals surface area contributed by atoms with Crippen LogP contribution < -0.4 is 0 Å². The van der Waals surface area contributed by atoms with Gasteiger partial charge in [0.15, 0.2) is 0 Å². The zero-order chi connectivity index (χ0) is 14.8. The molecule has 21 heavy (non-hydrogen) atoms. The number of hydrogen-bond acceptors (Lipinski definition) is 5. The van der Waals surface area contributed by atoms with Crippen LogP contribution in [0.3, 0.4) is 0 Å². The number of thiophene rings is 1. The molecule has 3 aromatic rings. The number of amides is 1. The Balaban J connectivity index is 1.79. The van der Waals surface area contributed by atoms with Crippen LogP contribution in [0.5, 0.6) is 0 Å². The van der Waals surface area contributed by atoms with E-state index in [2.05, 4.69) is 4.98 Å². The Kier molecular flexibility index (Phi) is 3.90. The van der Waals surface area contributed by atoms with Crippen molar-refractivity contribution >= 4 is 28.6 Å². The first-order chi connectivity index (χ1) is 10.2. The molecule has 108 valence electrons. The van der Waals surface area contributed by atoms with Crippen LogP contribution in [0, 0.1) is 0 Å². The molecule has 0 bridgehead atoms. The Hall–Kier alpha value is -1.92. The van der Waals surface area contributed by atoms with Gasteiger partial charge < -0.3 is 9.32 Å². The van der Waals surface area contributed by atoms with Gasteiger partial charge in [0.2, 0.25) is 0 Å². The summed E-state index contributed by atoms with van der Waals surface area (Å²) in [7, 11) is 1.76. The van der Waals surface area contributed by atoms with Gasteiger partial charge in [-0.1, -0.05) is 6.07 Å². The predicted molar refractivity (Wildman–Crippen MR) is 84.6 cm³/mol. The maximum absolute atomic E-state index is 12.5. The van der Waals surface area contributed by atoms with Crippen LogP contribution in [0.2, 0.25) is 0 Å². The molecule has 0 aliphatic heterocycles. The molecule has 0 fully saturated rings. The van der Waals surface area contributed by atoms with Crippen molar-refractivity contribution in [1.29, 1.82) is 0 Å². The van der Waals surface area contributed by atoms with Crippen LogP contribution in [0.1, 0.15) is 29.2 Å². The topological polar surface area (TPSA) is 46.3 Å². The quantitative estimate of drug-likeness (QED) is 0.720. The molecule has 0 saturated carbocycles. The highest BCUT2D eigenvalue weighted by Gasteiger charge is 2.23. The minimum absolute atomic E-state index is 0.0991. The van der Waals surface area contributed by atoms with Crippen LogP contribution >= 0.6 is 22.7 Å². The highest BCUT2D eigenvalue weighted by atomic mass is 32.1. The summed E-state index contributed by atoms with van der Waals surface area (Å²) in [6.45, 7) is 1.93. The third-order valence-electron chi connectivity index (χ3n) is 3.31. The van der Waals surface area contributed by atoms with Gasteiger partial charge in [-0.15, -0.1) is 22.7 Å². The molecule has 0 spiro atoms. The number of aromatic nitrogens is 1. The molecule has 3 heterocycles. The Labute approximate surface area is 130 Å². The van der Waals surface area contributed by atoms with E-state index in [-0.39, 0.29) is 11.9 Å². The number of thiazole rings is 1. The van der Waals surface area contributed by atoms with Gasteiger partial charge in [0.05, 0.1) is 17.2 Å². The summed E-state index contributed by atoms with van der Waals surface area (Å²) in [6, 6.07) is 7.55. The highest BCUT2D eigenvalue weighted by Crippen LogP contribution is 2.29. The summed E-state index contributed by atoms with van der Waals surface area (Å²) in [5.74, 6) is 0.664. The van der Waals surface area contributed by atoms with Crippen molar-refractivity contribution < 1.29 is 9.21 Å². The highest BCUT2D eigenvalue weighted by molar-refractivity contribution is 7.20. The van der Waals surface area contributed by atoms with Crippen LogP contribution in [-0.4, -0.2) is 22.8 Å². The molecule has 6 heteroatoms. The zero-order valence-corrected chi connectivity index (χ0v) is 13.3. The molecule has 0 aliphatic rings. The summed E-state index contributed by atoms with van der Waals surface area (Å²) in [4.78, 5) is 19.7. The number of hydrogen-bond donors (Lipinski definition) is 0. The average Bonchev–Trinajstić information content (AvgIpc) is 3.26. The van der Waals surface area contributed by atoms with Gasteiger partial charge in [-0.2, -0.15) is 0 Å². The monoisotopic (exact) mass is 318 g/mol. The number of rotatable bonds is 4. The lowest BCUT2D eigenvalue weighted by atomic mass is 10.2. The maximum atomic E-state index is 12.5. The van der Waals surface area contributed by atoms with E-state index in [9.17, 15) is 4.79 Å². The van der Waals surface area contributed by atoms with E-state index in [1.165, 1.54) is 11.3 Å². The molecule has 4 nitrogen and oxygen atoms in total. The predicted octanol–water partition coefficient (Wildman–Crippen LogP) is 4.30. The molecule has 0 aromatic carbocycles. The van der Waals surface area contributed by atoms with Gasteiger partial charge >= 0.3 is 0 Å². The number of carbonyl (C=O) groups excluding carboxylic acids is 1. The van der Waals surface area contributed by atoms with Gasteiger partial charge in [-0.05, 0) is 30.5 Å².